The van der Waals surface area contributed by atoms with E-state index in [1.54, 1.807) is 26.1 Å². The molecule has 0 radical (unpaired) electrons. The van der Waals surface area contributed by atoms with Gasteiger partial charge in [-0.15, -0.1) is 0 Å². The van der Waals surface area contributed by atoms with Gasteiger partial charge in [-0.2, -0.15) is 0 Å². The molecule has 0 saturated heterocycles. The van der Waals surface area contributed by atoms with Crippen LogP contribution < -0.4 is 0 Å². The van der Waals surface area contributed by atoms with Crippen LogP contribution in [0.5, 0.6) is 0 Å². The van der Waals surface area contributed by atoms with E-state index >= 15 is 0 Å². The van der Waals surface area contributed by atoms with Crippen molar-refractivity contribution in [1.82, 2.24) is 4.31 Å². The zero-order valence-corrected chi connectivity index (χ0v) is 14.3. The summed E-state index contributed by atoms with van der Waals surface area (Å²) in [5.74, 6) is 0.582. The number of aliphatic hydroxyl groups is 1. The van der Waals surface area contributed by atoms with Crippen LogP contribution >= 0.6 is 0 Å². The monoisotopic (exact) mass is 325 g/mol. The average molecular weight is 325 g/mol. The van der Waals surface area contributed by atoms with E-state index in [-0.39, 0.29) is 0 Å². The van der Waals surface area contributed by atoms with Gasteiger partial charge < -0.3 is 5.11 Å². The summed E-state index contributed by atoms with van der Waals surface area (Å²) in [6.45, 7) is 1.99. The fraction of sp³-hybridized carbons (Fsp3) is 0.647. The molecule has 1 unspecified atom stereocenters. The van der Waals surface area contributed by atoms with Crippen molar-refractivity contribution in [1.29, 1.82) is 0 Å². The zero-order chi connectivity index (χ0) is 16.2. The Balaban J connectivity index is 2.07. The molecule has 1 aliphatic carbocycles. The van der Waals surface area contributed by atoms with Crippen molar-refractivity contribution in [3.8, 4) is 0 Å². The van der Waals surface area contributed by atoms with E-state index in [9.17, 15) is 13.5 Å². The molecule has 1 saturated carbocycles. The molecule has 1 N–H and O–H groups in total. The van der Waals surface area contributed by atoms with Crippen LogP contribution in [0, 0.1) is 0 Å². The molecule has 0 heterocycles. The molecule has 0 amide bonds. The molecule has 0 bridgehead atoms. The van der Waals surface area contributed by atoms with Crippen LogP contribution in [0.15, 0.2) is 29.2 Å². The van der Waals surface area contributed by atoms with Gasteiger partial charge in [0, 0.05) is 13.6 Å². The maximum Gasteiger partial charge on any atom is 0.242 e. The molecule has 0 spiro atoms. The number of hydrogen-bond donors (Lipinski definition) is 1. The minimum atomic E-state index is -3.46. The van der Waals surface area contributed by atoms with E-state index in [0.29, 0.717) is 23.8 Å². The number of hydrogen-bond acceptors (Lipinski definition) is 3. The Morgan fingerprint density at radius 1 is 1.18 bits per heavy atom. The first-order chi connectivity index (χ1) is 10.4. The molecule has 5 heteroatoms. The van der Waals surface area contributed by atoms with E-state index in [4.69, 9.17) is 0 Å². The van der Waals surface area contributed by atoms with Crippen molar-refractivity contribution in [2.75, 3.05) is 13.6 Å². The molecular weight excluding hydrogens is 298 g/mol. The van der Waals surface area contributed by atoms with Crippen molar-refractivity contribution >= 4 is 10.0 Å². The van der Waals surface area contributed by atoms with E-state index in [0.717, 1.165) is 0 Å². The van der Waals surface area contributed by atoms with E-state index < -0.39 is 16.1 Å². The van der Waals surface area contributed by atoms with Gasteiger partial charge in [-0.3, -0.25) is 0 Å². The Hall–Kier alpha value is -0.910. The molecule has 0 aliphatic heterocycles. The summed E-state index contributed by atoms with van der Waals surface area (Å²) < 4.78 is 26.3. The van der Waals surface area contributed by atoms with Gasteiger partial charge in [-0.05, 0) is 49.8 Å². The average Bonchev–Trinajstić information content (AvgIpc) is 2.53. The van der Waals surface area contributed by atoms with Gasteiger partial charge in [0.2, 0.25) is 10.0 Å². The van der Waals surface area contributed by atoms with E-state index in [2.05, 4.69) is 0 Å². The van der Waals surface area contributed by atoms with E-state index in [1.807, 2.05) is 12.1 Å². The Kier molecular flexibility index (Phi) is 6.01. The second-order valence-corrected chi connectivity index (χ2v) is 8.41. The highest BCUT2D eigenvalue weighted by atomic mass is 32.2. The molecule has 124 valence electrons. The lowest BCUT2D eigenvalue weighted by Crippen LogP contribution is -2.29. The first kappa shape index (κ1) is 17.4. The first-order valence-electron chi connectivity index (χ1n) is 8.15. The zero-order valence-electron chi connectivity index (χ0n) is 13.5. The van der Waals surface area contributed by atoms with Crippen LogP contribution in [0.3, 0.4) is 0 Å². The maximum atomic E-state index is 12.5. The standard InChI is InChI=1S/C17H27NO3S/c1-14(19)12-13-18(2)22(20,21)17-10-8-16(9-11-17)15-6-4-3-5-7-15/h8-11,14-15,19H,3-7,12-13H2,1-2H3. The molecule has 1 aromatic carbocycles. The van der Waals surface area contributed by atoms with Crippen LogP contribution in [0.4, 0.5) is 0 Å². The third kappa shape index (κ3) is 4.31. The number of benzene rings is 1. The number of rotatable bonds is 6. The number of aliphatic hydroxyl groups excluding tert-OH is 1. The van der Waals surface area contributed by atoms with Crippen LogP contribution in [0.1, 0.15) is 56.9 Å². The van der Waals surface area contributed by atoms with Crippen LogP contribution in [-0.2, 0) is 10.0 Å². The normalized spacial score (nSPS) is 18.5. The third-order valence-corrected chi connectivity index (χ3v) is 6.40. The van der Waals surface area contributed by atoms with Crippen molar-refractivity contribution < 1.29 is 13.5 Å². The lowest BCUT2D eigenvalue weighted by Gasteiger charge is -2.22. The maximum absolute atomic E-state index is 12.5. The summed E-state index contributed by atoms with van der Waals surface area (Å²) in [6.07, 6.45) is 6.22. The fourth-order valence-corrected chi connectivity index (χ4v) is 4.20. The Labute approximate surface area is 134 Å². The summed E-state index contributed by atoms with van der Waals surface area (Å²) in [5.41, 5.74) is 1.25. The van der Waals surface area contributed by atoms with E-state index in [1.165, 1.54) is 42.0 Å². The molecule has 0 aromatic heterocycles. The van der Waals surface area contributed by atoms with Crippen LogP contribution in [0.2, 0.25) is 0 Å². The van der Waals surface area contributed by atoms with Crippen molar-refractivity contribution in [3.63, 3.8) is 0 Å². The second kappa shape index (κ2) is 7.57. The van der Waals surface area contributed by atoms with Gasteiger partial charge in [-0.25, -0.2) is 12.7 Å². The topological polar surface area (TPSA) is 57.6 Å². The molecule has 4 nitrogen and oxygen atoms in total. The highest BCUT2D eigenvalue weighted by molar-refractivity contribution is 7.89. The molecule has 1 aliphatic rings. The first-order valence-corrected chi connectivity index (χ1v) is 9.59. The second-order valence-electron chi connectivity index (χ2n) is 6.37. The third-order valence-electron chi connectivity index (χ3n) is 4.53. The minimum absolute atomic E-state index is 0.324. The highest BCUT2D eigenvalue weighted by Crippen LogP contribution is 2.33. The van der Waals surface area contributed by atoms with Gasteiger partial charge in [0.1, 0.15) is 0 Å². The molecule has 22 heavy (non-hydrogen) atoms. The lowest BCUT2D eigenvalue weighted by atomic mass is 9.84. The molecule has 1 aromatic rings. The summed E-state index contributed by atoms with van der Waals surface area (Å²) in [5, 5.41) is 9.30. The fourth-order valence-electron chi connectivity index (χ4n) is 3.02. The summed E-state index contributed by atoms with van der Waals surface area (Å²) >= 11 is 0. The SMILES string of the molecule is CC(O)CCN(C)S(=O)(=O)c1ccc(C2CCCCC2)cc1. The van der Waals surface area contributed by atoms with Gasteiger partial charge in [0.25, 0.3) is 0 Å². The highest BCUT2D eigenvalue weighted by Gasteiger charge is 2.22. The summed E-state index contributed by atoms with van der Waals surface area (Å²) in [6, 6.07) is 7.37. The Morgan fingerprint density at radius 2 is 1.77 bits per heavy atom. The summed E-state index contributed by atoms with van der Waals surface area (Å²) in [4.78, 5) is 0.333. The minimum Gasteiger partial charge on any atom is -0.393 e. The van der Waals surface area contributed by atoms with Gasteiger partial charge in [0.15, 0.2) is 0 Å². The predicted octanol–water partition coefficient (Wildman–Crippen LogP) is 3.13. The van der Waals surface area contributed by atoms with Crippen molar-refractivity contribution in [2.24, 2.45) is 0 Å². The summed E-state index contributed by atoms with van der Waals surface area (Å²) in [7, 11) is -1.90. The van der Waals surface area contributed by atoms with Crippen LogP contribution in [0.25, 0.3) is 0 Å². The predicted molar refractivity (Wildman–Crippen MR) is 88.4 cm³/mol. The number of sulfonamides is 1. The quantitative estimate of drug-likeness (QED) is 0.874. The molecular formula is C17H27NO3S. The van der Waals surface area contributed by atoms with Gasteiger partial charge in [-0.1, -0.05) is 31.4 Å². The van der Waals surface area contributed by atoms with Crippen molar-refractivity contribution in [3.05, 3.63) is 29.8 Å². The van der Waals surface area contributed by atoms with Crippen molar-refractivity contribution in [2.45, 2.75) is 62.4 Å². The van der Waals surface area contributed by atoms with Crippen LogP contribution in [-0.4, -0.2) is 37.5 Å². The van der Waals surface area contributed by atoms with Gasteiger partial charge in [0.05, 0.1) is 11.0 Å². The Bertz CT molecular complexity index is 560. The number of nitrogens with zero attached hydrogens (tertiary/aromatic N) is 1. The largest absolute Gasteiger partial charge is 0.393 e. The molecule has 1 atom stereocenters. The lowest BCUT2D eigenvalue weighted by molar-refractivity contribution is 0.177. The molecule has 2 rings (SSSR count). The van der Waals surface area contributed by atoms with Gasteiger partial charge >= 0.3 is 0 Å². The molecule has 1 fully saturated rings. The Morgan fingerprint density at radius 3 is 2.32 bits per heavy atom. The smallest absolute Gasteiger partial charge is 0.242 e.